The summed E-state index contributed by atoms with van der Waals surface area (Å²) in [5, 5.41) is -0.213. The van der Waals surface area contributed by atoms with Gasteiger partial charge in [0, 0.05) is 36.2 Å². The molecule has 2 saturated carbocycles. The summed E-state index contributed by atoms with van der Waals surface area (Å²) in [6.45, 7) is 2.41. The molecular weight excluding hydrogens is 483 g/mol. The van der Waals surface area contributed by atoms with Crippen molar-refractivity contribution >= 4 is 17.5 Å². The van der Waals surface area contributed by atoms with E-state index in [0.29, 0.717) is 42.2 Å². The molecule has 2 aliphatic carbocycles. The highest BCUT2D eigenvalue weighted by molar-refractivity contribution is 6.31. The van der Waals surface area contributed by atoms with Crippen molar-refractivity contribution in [2.75, 3.05) is 6.54 Å². The first-order chi connectivity index (χ1) is 16.7. The van der Waals surface area contributed by atoms with E-state index in [4.69, 9.17) is 16.3 Å². The Labute approximate surface area is 203 Å². The van der Waals surface area contributed by atoms with Crippen molar-refractivity contribution < 1.29 is 22.7 Å². The number of piperidine rings is 1. The topological polar surface area (TPSA) is 81.1 Å². The third-order valence-corrected chi connectivity index (χ3v) is 7.53. The third kappa shape index (κ3) is 3.53. The minimum atomic E-state index is -4.55. The molecule has 7 nitrogen and oxygen atoms in total. The Morgan fingerprint density at radius 2 is 1.97 bits per heavy atom. The number of likely N-dealkylation sites (tertiary alicyclic amines) is 1. The number of nitrogens with zero attached hydrogens (tertiary/aromatic N) is 5. The highest BCUT2D eigenvalue weighted by Crippen LogP contribution is 2.71. The number of ether oxygens (including phenoxy) is 1. The van der Waals surface area contributed by atoms with E-state index in [1.807, 2.05) is 6.92 Å². The molecule has 3 aromatic heterocycles. The lowest BCUT2D eigenvalue weighted by Gasteiger charge is -2.47. The molecular formula is C24H19ClF3N5O2. The van der Waals surface area contributed by atoms with Gasteiger partial charge in [0.1, 0.15) is 16.8 Å². The maximum atomic E-state index is 13.7. The molecule has 1 saturated heterocycles. The molecule has 3 aliphatic rings. The van der Waals surface area contributed by atoms with Crippen molar-refractivity contribution in [3.05, 3.63) is 64.7 Å². The number of rotatable bonds is 4. The van der Waals surface area contributed by atoms with Crippen LogP contribution in [0, 0.1) is 18.3 Å². The summed E-state index contributed by atoms with van der Waals surface area (Å²) in [6, 6.07) is 5.78. The van der Waals surface area contributed by atoms with E-state index in [0.717, 1.165) is 18.2 Å². The third-order valence-electron chi connectivity index (χ3n) is 7.26. The monoisotopic (exact) mass is 501 g/mol. The molecule has 3 aromatic rings. The number of aryl methyl sites for hydroxylation is 1. The molecule has 1 spiro atoms. The van der Waals surface area contributed by atoms with Gasteiger partial charge in [0.15, 0.2) is 5.82 Å². The highest BCUT2D eigenvalue weighted by Gasteiger charge is 2.76. The maximum Gasteiger partial charge on any atom is 0.417 e. The summed E-state index contributed by atoms with van der Waals surface area (Å²) in [5.41, 5.74) is 0.587. The van der Waals surface area contributed by atoms with Gasteiger partial charge in [-0.1, -0.05) is 11.6 Å². The molecule has 0 radical (unpaired) electrons. The fourth-order valence-corrected chi connectivity index (χ4v) is 5.75. The van der Waals surface area contributed by atoms with Crippen LogP contribution in [0.15, 0.2) is 42.9 Å². The zero-order valence-corrected chi connectivity index (χ0v) is 19.2. The minimum Gasteiger partial charge on any atom is -0.471 e. The van der Waals surface area contributed by atoms with Gasteiger partial charge in [-0.25, -0.2) is 19.9 Å². The van der Waals surface area contributed by atoms with E-state index < -0.39 is 17.8 Å². The quantitative estimate of drug-likeness (QED) is 0.520. The molecule has 1 aliphatic heterocycles. The molecule has 0 bridgehead atoms. The second-order valence-corrected chi connectivity index (χ2v) is 9.73. The van der Waals surface area contributed by atoms with Crippen molar-refractivity contribution in [2.45, 2.75) is 38.1 Å². The highest BCUT2D eigenvalue weighted by atomic mass is 35.5. The zero-order valence-electron chi connectivity index (χ0n) is 18.5. The van der Waals surface area contributed by atoms with E-state index in [1.54, 1.807) is 35.5 Å². The molecule has 4 unspecified atom stereocenters. The van der Waals surface area contributed by atoms with E-state index in [9.17, 15) is 18.0 Å². The summed E-state index contributed by atoms with van der Waals surface area (Å²) in [5.74, 6) is 0.477. The first kappa shape index (κ1) is 22.2. The van der Waals surface area contributed by atoms with Gasteiger partial charge >= 0.3 is 6.18 Å². The lowest BCUT2D eigenvalue weighted by atomic mass is 9.73. The summed E-state index contributed by atoms with van der Waals surface area (Å²) in [4.78, 5) is 32.4. The standard InChI is InChI=1S/C24H19ClF3N5O2/c1-12-3-4-15(18(32-12)20-29-5-2-6-30-20)22(34)33-11-14-8-23(14)9-17(19(23)33)35-21-16(25)7-13(10-31-21)24(26,27)28/h2-7,10,14,17,19H,8-9,11H2,1H3. The molecule has 3 fully saturated rings. The lowest BCUT2D eigenvalue weighted by molar-refractivity contribution is -0.137. The van der Waals surface area contributed by atoms with Crippen molar-refractivity contribution in [1.82, 2.24) is 24.8 Å². The van der Waals surface area contributed by atoms with Gasteiger partial charge in [0.05, 0.1) is 17.2 Å². The minimum absolute atomic E-state index is 0.0136. The summed E-state index contributed by atoms with van der Waals surface area (Å²) in [7, 11) is 0. The van der Waals surface area contributed by atoms with Crippen molar-refractivity contribution in [3.8, 4) is 17.4 Å². The van der Waals surface area contributed by atoms with Gasteiger partial charge in [-0.2, -0.15) is 13.2 Å². The van der Waals surface area contributed by atoms with Crippen LogP contribution < -0.4 is 4.74 Å². The fraction of sp³-hybridized carbons (Fsp3) is 0.375. The van der Waals surface area contributed by atoms with Crippen molar-refractivity contribution in [2.24, 2.45) is 11.3 Å². The molecule has 4 atom stereocenters. The smallest absolute Gasteiger partial charge is 0.417 e. The number of amides is 1. The molecule has 11 heteroatoms. The Hall–Kier alpha value is -3.27. The first-order valence-corrected chi connectivity index (χ1v) is 11.5. The molecule has 180 valence electrons. The van der Waals surface area contributed by atoms with Crippen LogP contribution in [-0.2, 0) is 6.18 Å². The predicted molar refractivity (Wildman–Crippen MR) is 119 cm³/mol. The predicted octanol–water partition coefficient (Wildman–Crippen LogP) is 4.60. The van der Waals surface area contributed by atoms with E-state index in [1.165, 1.54) is 0 Å². The average Bonchev–Trinajstić information content (AvgIpc) is 3.48. The van der Waals surface area contributed by atoms with Gasteiger partial charge in [0.2, 0.25) is 5.88 Å². The Balaban J connectivity index is 1.28. The maximum absolute atomic E-state index is 13.7. The number of hydrogen-bond acceptors (Lipinski definition) is 6. The first-order valence-electron chi connectivity index (χ1n) is 11.1. The molecule has 0 N–H and O–H groups in total. The molecule has 35 heavy (non-hydrogen) atoms. The van der Waals surface area contributed by atoms with E-state index in [-0.39, 0.29) is 28.3 Å². The van der Waals surface area contributed by atoms with Crippen LogP contribution in [0.4, 0.5) is 13.2 Å². The zero-order chi connectivity index (χ0) is 24.5. The lowest BCUT2D eigenvalue weighted by Crippen LogP contribution is -2.59. The van der Waals surface area contributed by atoms with Gasteiger partial charge < -0.3 is 9.64 Å². The molecule has 0 aromatic carbocycles. The Morgan fingerprint density at radius 1 is 1.20 bits per heavy atom. The number of halogens is 4. The van der Waals surface area contributed by atoms with Crippen LogP contribution in [0.1, 0.15) is 34.5 Å². The normalized spacial score (nSPS) is 26.5. The van der Waals surface area contributed by atoms with Crippen LogP contribution in [0.2, 0.25) is 5.02 Å². The Bertz CT molecular complexity index is 1340. The summed E-state index contributed by atoms with van der Waals surface area (Å²) in [6.07, 6.45) is 0.630. The van der Waals surface area contributed by atoms with Crippen LogP contribution in [0.3, 0.4) is 0 Å². The molecule has 1 amide bonds. The largest absolute Gasteiger partial charge is 0.471 e. The van der Waals surface area contributed by atoms with Crippen LogP contribution >= 0.6 is 11.6 Å². The number of pyridine rings is 2. The van der Waals surface area contributed by atoms with Crippen LogP contribution in [0.5, 0.6) is 5.88 Å². The van der Waals surface area contributed by atoms with Crippen LogP contribution in [-0.4, -0.2) is 49.4 Å². The Morgan fingerprint density at radius 3 is 2.69 bits per heavy atom. The number of hydrogen-bond donors (Lipinski definition) is 0. The van der Waals surface area contributed by atoms with Gasteiger partial charge in [0.25, 0.3) is 5.91 Å². The number of carbonyl (C=O) groups is 1. The van der Waals surface area contributed by atoms with Gasteiger partial charge in [-0.15, -0.1) is 0 Å². The van der Waals surface area contributed by atoms with Gasteiger partial charge in [-0.3, -0.25) is 4.79 Å². The second-order valence-electron chi connectivity index (χ2n) is 9.33. The number of alkyl halides is 3. The molecule has 6 rings (SSSR count). The average molecular weight is 502 g/mol. The van der Waals surface area contributed by atoms with Crippen molar-refractivity contribution in [3.63, 3.8) is 0 Å². The van der Waals surface area contributed by atoms with E-state index >= 15 is 0 Å². The van der Waals surface area contributed by atoms with Crippen molar-refractivity contribution in [1.29, 1.82) is 0 Å². The Kier molecular flexibility index (Phi) is 4.83. The van der Waals surface area contributed by atoms with Crippen LogP contribution in [0.25, 0.3) is 11.5 Å². The number of aromatic nitrogens is 4. The van der Waals surface area contributed by atoms with Gasteiger partial charge in [-0.05, 0) is 49.9 Å². The van der Waals surface area contributed by atoms with E-state index in [2.05, 4.69) is 19.9 Å². The summed E-state index contributed by atoms with van der Waals surface area (Å²) < 4.78 is 44.8. The fourth-order valence-electron chi connectivity index (χ4n) is 5.54. The molecule has 4 heterocycles. The summed E-state index contributed by atoms with van der Waals surface area (Å²) >= 11 is 6.06. The SMILES string of the molecule is Cc1ccc(C(=O)N2CC3CC34CC(Oc3ncc(C(F)(F)F)cc3Cl)C24)c(-c2ncccn2)n1. The second kappa shape index (κ2) is 7.61. The number of carbonyl (C=O) groups excluding carboxylic acids is 1.